The van der Waals surface area contributed by atoms with Crippen molar-refractivity contribution >= 4 is 39.8 Å². The lowest BCUT2D eigenvalue weighted by Crippen LogP contribution is -1.92. The minimum atomic E-state index is 0.407. The van der Waals surface area contributed by atoms with E-state index >= 15 is 0 Å². The normalized spacial score (nSPS) is 11.3. The van der Waals surface area contributed by atoms with Crippen molar-refractivity contribution in [2.75, 3.05) is 0 Å². The summed E-state index contributed by atoms with van der Waals surface area (Å²) in [5, 5.41) is 0.825. The first-order valence-electron chi connectivity index (χ1n) is 4.18. The second kappa shape index (κ2) is 3.05. The zero-order valence-electron chi connectivity index (χ0n) is 7.35. The molecule has 0 bridgehead atoms. The molecule has 4 nitrogen and oxygen atoms in total. The molecule has 3 aromatic heterocycles. The van der Waals surface area contributed by atoms with E-state index in [1.54, 1.807) is 24.8 Å². The molecule has 0 saturated heterocycles. The van der Waals surface area contributed by atoms with Crippen LogP contribution < -0.4 is 0 Å². The van der Waals surface area contributed by atoms with E-state index in [9.17, 15) is 0 Å². The first-order valence-corrected chi connectivity index (χ1v) is 4.94. The third-order valence-corrected chi connectivity index (χ3v) is 2.64. The predicted molar refractivity (Wildman–Crippen MR) is 58.3 cm³/mol. The van der Waals surface area contributed by atoms with Crippen LogP contribution in [0.2, 0.25) is 10.3 Å². The van der Waals surface area contributed by atoms with E-state index in [2.05, 4.69) is 15.0 Å². The standard InChI is InChI=1S/C9H4Cl2N4/c10-8-1-6-5(2-13-8)14-9(11)7-3-12-4-15(6)7/h1-4H. The lowest BCUT2D eigenvalue weighted by atomic mass is 10.4. The van der Waals surface area contributed by atoms with E-state index in [0.717, 1.165) is 11.0 Å². The van der Waals surface area contributed by atoms with Gasteiger partial charge in [0, 0.05) is 6.07 Å². The van der Waals surface area contributed by atoms with Gasteiger partial charge in [0.25, 0.3) is 0 Å². The van der Waals surface area contributed by atoms with Gasteiger partial charge >= 0.3 is 0 Å². The molecule has 3 aromatic rings. The lowest BCUT2D eigenvalue weighted by molar-refractivity contribution is 1.17. The minimum Gasteiger partial charge on any atom is -0.294 e. The topological polar surface area (TPSA) is 43.1 Å². The van der Waals surface area contributed by atoms with Crippen molar-refractivity contribution in [3.05, 3.63) is 35.1 Å². The van der Waals surface area contributed by atoms with Crippen molar-refractivity contribution in [1.82, 2.24) is 19.4 Å². The fraction of sp³-hybridized carbons (Fsp3) is 0. The van der Waals surface area contributed by atoms with Gasteiger partial charge in [0.05, 0.1) is 24.2 Å². The summed E-state index contributed by atoms with van der Waals surface area (Å²) in [4.78, 5) is 12.2. The molecular formula is C9H4Cl2N4. The van der Waals surface area contributed by atoms with Gasteiger partial charge in [0.1, 0.15) is 16.2 Å². The van der Waals surface area contributed by atoms with Gasteiger partial charge in [-0.15, -0.1) is 0 Å². The fourth-order valence-electron chi connectivity index (χ4n) is 1.49. The molecule has 0 atom stereocenters. The smallest absolute Gasteiger partial charge is 0.155 e. The summed E-state index contributed by atoms with van der Waals surface area (Å²) in [5.41, 5.74) is 2.29. The van der Waals surface area contributed by atoms with Crippen LogP contribution in [0.25, 0.3) is 16.6 Å². The van der Waals surface area contributed by atoms with Crippen LogP contribution in [0.4, 0.5) is 0 Å². The van der Waals surface area contributed by atoms with Crippen molar-refractivity contribution in [1.29, 1.82) is 0 Å². The van der Waals surface area contributed by atoms with Crippen molar-refractivity contribution < 1.29 is 0 Å². The molecule has 0 unspecified atom stereocenters. The average Bonchev–Trinajstić information content (AvgIpc) is 2.69. The first-order chi connectivity index (χ1) is 7.25. The van der Waals surface area contributed by atoms with Crippen molar-refractivity contribution in [2.24, 2.45) is 0 Å². The van der Waals surface area contributed by atoms with E-state index in [4.69, 9.17) is 23.2 Å². The summed E-state index contributed by atoms with van der Waals surface area (Å²) in [7, 11) is 0. The van der Waals surface area contributed by atoms with Crippen molar-refractivity contribution in [3.63, 3.8) is 0 Å². The van der Waals surface area contributed by atoms with Gasteiger partial charge in [0.15, 0.2) is 5.15 Å². The SMILES string of the molecule is Clc1cc2c(cn1)nc(Cl)c1cncn12. The average molecular weight is 239 g/mol. The number of rotatable bonds is 0. The second-order valence-corrected chi connectivity index (χ2v) is 3.79. The molecule has 0 N–H and O–H groups in total. The Kier molecular flexibility index (Phi) is 1.81. The third kappa shape index (κ3) is 1.26. The Morgan fingerprint density at radius 3 is 2.87 bits per heavy atom. The highest BCUT2D eigenvalue weighted by Gasteiger charge is 2.07. The minimum absolute atomic E-state index is 0.407. The molecule has 15 heavy (non-hydrogen) atoms. The molecule has 3 heterocycles. The molecule has 0 fully saturated rings. The maximum absolute atomic E-state index is 5.98. The Bertz CT molecular complexity index is 662. The van der Waals surface area contributed by atoms with Crippen LogP contribution in [0, 0.1) is 0 Å². The monoisotopic (exact) mass is 238 g/mol. The highest BCUT2D eigenvalue weighted by atomic mass is 35.5. The van der Waals surface area contributed by atoms with Crippen LogP contribution in [0.3, 0.4) is 0 Å². The molecule has 0 amide bonds. The zero-order chi connectivity index (χ0) is 10.4. The first kappa shape index (κ1) is 8.88. The quantitative estimate of drug-likeness (QED) is 0.566. The molecule has 74 valence electrons. The molecule has 6 heteroatoms. The van der Waals surface area contributed by atoms with Gasteiger partial charge in [-0.25, -0.2) is 15.0 Å². The summed E-state index contributed by atoms with van der Waals surface area (Å²) in [6, 6.07) is 1.73. The second-order valence-electron chi connectivity index (χ2n) is 3.05. The summed E-state index contributed by atoms with van der Waals surface area (Å²) < 4.78 is 1.83. The number of nitrogens with zero attached hydrogens (tertiary/aromatic N) is 4. The number of aromatic nitrogens is 4. The largest absolute Gasteiger partial charge is 0.294 e. The fourth-order valence-corrected chi connectivity index (χ4v) is 1.88. The van der Waals surface area contributed by atoms with E-state index in [1.165, 1.54) is 0 Å². The summed E-state index contributed by atoms with van der Waals surface area (Å²) in [6.45, 7) is 0. The Morgan fingerprint density at radius 2 is 2.00 bits per heavy atom. The van der Waals surface area contributed by atoms with Crippen molar-refractivity contribution in [3.8, 4) is 0 Å². The summed E-state index contributed by atoms with van der Waals surface area (Å²) >= 11 is 11.8. The van der Waals surface area contributed by atoms with Crippen LogP contribution in [0.15, 0.2) is 24.8 Å². The van der Waals surface area contributed by atoms with Gasteiger partial charge < -0.3 is 0 Å². The Labute approximate surface area is 94.5 Å². The van der Waals surface area contributed by atoms with Gasteiger partial charge in [-0.1, -0.05) is 23.2 Å². The van der Waals surface area contributed by atoms with Crippen LogP contribution in [-0.2, 0) is 0 Å². The van der Waals surface area contributed by atoms with Crippen LogP contribution >= 0.6 is 23.2 Å². The number of fused-ring (bicyclic) bond motifs is 3. The molecule has 3 rings (SSSR count). The molecular weight excluding hydrogens is 235 g/mol. The van der Waals surface area contributed by atoms with E-state index in [-0.39, 0.29) is 0 Å². The molecule has 0 saturated carbocycles. The summed E-state index contributed by atoms with van der Waals surface area (Å²) in [6.07, 6.45) is 4.91. The van der Waals surface area contributed by atoms with Gasteiger partial charge in [-0.05, 0) is 0 Å². The van der Waals surface area contributed by atoms with E-state index < -0.39 is 0 Å². The molecule has 0 aliphatic rings. The van der Waals surface area contributed by atoms with E-state index in [1.807, 2.05) is 4.40 Å². The van der Waals surface area contributed by atoms with Crippen LogP contribution in [0.5, 0.6) is 0 Å². The third-order valence-electron chi connectivity index (χ3n) is 2.16. The predicted octanol–water partition coefficient (Wildman–Crippen LogP) is 2.58. The van der Waals surface area contributed by atoms with Gasteiger partial charge in [-0.2, -0.15) is 0 Å². The molecule has 0 spiro atoms. The van der Waals surface area contributed by atoms with Gasteiger partial charge in [0.2, 0.25) is 0 Å². The zero-order valence-corrected chi connectivity index (χ0v) is 8.87. The Balaban J connectivity index is 2.61. The number of imidazole rings is 1. The van der Waals surface area contributed by atoms with Gasteiger partial charge in [-0.3, -0.25) is 4.40 Å². The number of pyridine rings is 1. The molecule has 0 radical (unpaired) electrons. The molecule has 0 aromatic carbocycles. The van der Waals surface area contributed by atoms with Crippen LogP contribution in [-0.4, -0.2) is 19.4 Å². The van der Waals surface area contributed by atoms with Crippen LogP contribution in [0.1, 0.15) is 0 Å². The summed E-state index contributed by atoms with van der Waals surface area (Å²) in [5.74, 6) is 0. The highest BCUT2D eigenvalue weighted by molar-refractivity contribution is 6.33. The maximum Gasteiger partial charge on any atom is 0.155 e. The molecule has 0 aliphatic heterocycles. The van der Waals surface area contributed by atoms with Crippen molar-refractivity contribution in [2.45, 2.75) is 0 Å². The molecule has 0 aliphatic carbocycles. The highest BCUT2D eigenvalue weighted by Crippen LogP contribution is 2.22. The Morgan fingerprint density at radius 1 is 1.13 bits per heavy atom. The number of halogens is 2. The maximum atomic E-state index is 5.98. The number of hydrogen-bond donors (Lipinski definition) is 0. The lowest BCUT2D eigenvalue weighted by Gasteiger charge is -2.02. The Hall–Kier alpha value is -1.39. The van der Waals surface area contributed by atoms with E-state index in [0.29, 0.717) is 15.8 Å². The number of hydrogen-bond acceptors (Lipinski definition) is 3.